The van der Waals surface area contributed by atoms with Crippen molar-refractivity contribution in [1.82, 2.24) is 4.90 Å². The van der Waals surface area contributed by atoms with Crippen LogP contribution in [0.2, 0.25) is 5.02 Å². The number of likely N-dealkylation sites (tertiary alicyclic amines) is 1. The van der Waals surface area contributed by atoms with E-state index in [4.69, 9.17) is 11.6 Å². The van der Waals surface area contributed by atoms with Gasteiger partial charge in [0.05, 0.1) is 15.6 Å². The summed E-state index contributed by atoms with van der Waals surface area (Å²) in [6.45, 7) is 1.52. The van der Waals surface area contributed by atoms with Crippen molar-refractivity contribution in [2.24, 2.45) is 5.92 Å². The first-order valence-electron chi connectivity index (χ1n) is 9.04. The normalized spacial score (nSPS) is 19.6. The third-order valence-electron chi connectivity index (χ3n) is 5.28. The van der Waals surface area contributed by atoms with Crippen LogP contribution in [0.15, 0.2) is 18.2 Å². The van der Waals surface area contributed by atoms with Crippen molar-refractivity contribution in [3.05, 3.63) is 33.3 Å². The highest BCUT2D eigenvalue weighted by Gasteiger charge is 2.29. The number of benzene rings is 1. The number of rotatable bonds is 4. The molecule has 1 aromatic rings. The summed E-state index contributed by atoms with van der Waals surface area (Å²) in [7, 11) is 0. The molecule has 6 nitrogen and oxygen atoms in total. The molecule has 1 N–H and O–H groups in total. The SMILES string of the molecule is O=C(C1CCCCC1)N1CCC(Nc2ccc([N+](=O)[O-])cc2Cl)CC1. The quantitative estimate of drug-likeness (QED) is 0.639. The summed E-state index contributed by atoms with van der Waals surface area (Å²) in [4.78, 5) is 24.9. The number of nitrogens with zero attached hydrogens (tertiary/aromatic N) is 2. The number of nitro benzene ring substituents is 1. The van der Waals surface area contributed by atoms with E-state index in [1.807, 2.05) is 4.90 Å². The minimum absolute atomic E-state index is 0.0107. The molecule has 2 fully saturated rings. The van der Waals surface area contributed by atoms with Crippen molar-refractivity contribution in [2.45, 2.75) is 51.0 Å². The number of amides is 1. The number of nitrogens with one attached hydrogen (secondary N) is 1. The van der Waals surface area contributed by atoms with Crippen LogP contribution in [0.1, 0.15) is 44.9 Å². The minimum Gasteiger partial charge on any atom is -0.381 e. The number of anilines is 1. The van der Waals surface area contributed by atoms with E-state index in [9.17, 15) is 14.9 Å². The molecule has 0 aromatic heterocycles. The van der Waals surface area contributed by atoms with E-state index < -0.39 is 4.92 Å². The Morgan fingerprint density at radius 1 is 1.16 bits per heavy atom. The Bertz CT molecular complexity index is 638. The second-order valence-electron chi connectivity index (χ2n) is 7.00. The highest BCUT2D eigenvalue weighted by Crippen LogP contribution is 2.30. The van der Waals surface area contributed by atoms with Gasteiger partial charge in [0.25, 0.3) is 5.69 Å². The van der Waals surface area contributed by atoms with Crippen LogP contribution in [0.5, 0.6) is 0 Å². The van der Waals surface area contributed by atoms with Gasteiger partial charge in [0.15, 0.2) is 0 Å². The molecule has 7 heteroatoms. The van der Waals surface area contributed by atoms with Crippen LogP contribution in [0, 0.1) is 16.0 Å². The molecule has 0 atom stereocenters. The first-order valence-corrected chi connectivity index (χ1v) is 9.41. The maximum absolute atomic E-state index is 12.6. The molecular formula is C18H24ClN3O3. The smallest absolute Gasteiger partial charge is 0.271 e. The van der Waals surface area contributed by atoms with Gasteiger partial charge in [-0.15, -0.1) is 0 Å². The lowest BCUT2D eigenvalue weighted by Gasteiger charge is -2.35. The molecule has 0 unspecified atom stereocenters. The number of nitro groups is 1. The average Bonchev–Trinajstić information content (AvgIpc) is 2.64. The lowest BCUT2D eigenvalue weighted by Crippen LogP contribution is -2.45. The summed E-state index contributed by atoms with van der Waals surface area (Å²) < 4.78 is 0. The van der Waals surface area contributed by atoms with E-state index in [0.29, 0.717) is 16.6 Å². The Balaban J connectivity index is 1.52. The first kappa shape index (κ1) is 18.0. The van der Waals surface area contributed by atoms with Crippen LogP contribution in [0.25, 0.3) is 0 Å². The molecule has 1 amide bonds. The summed E-state index contributed by atoms with van der Waals surface area (Å²) in [5.41, 5.74) is 0.702. The summed E-state index contributed by atoms with van der Waals surface area (Å²) in [6, 6.07) is 4.70. The van der Waals surface area contributed by atoms with Crippen LogP contribution in [-0.2, 0) is 4.79 Å². The predicted octanol–water partition coefficient (Wildman–Crippen LogP) is 4.23. The summed E-state index contributed by atoms with van der Waals surface area (Å²) in [5.74, 6) is 0.550. The van der Waals surface area contributed by atoms with Crippen LogP contribution in [0.4, 0.5) is 11.4 Å². The maximum Gasteiger partial charge on any atom is 0.271 e. The monoisotopic (exact) mass is 365 g/mol. The third-order valence-corrected chi connectivity index (χ3v) is 5.60. The Morgan fingerprint density at radius 2 is 1.84 bits per heavy atom. The largest absolute Gasteiger partial charge is 0.381 e. The molecule has 1 aromatic carbocycles. The highest BCUT2D eigenvalue weighted by atomic mass is 35.5. The zero-order valence-electron chi connectivity index (χ0n) is 14.2. The van der Waals surface area contributed by atoms with Crippen molar-refractivity contribution in [1.29, 1.82) is 0 Å². The topological polar surface area (TPSA) is 75.5 Å². The number of hydrogen-bond acceptors (Lipinski definition) is 4. The minimum atomic E-state index is -0.453. The van der Waals surface area contributed by atoms with Gasteiger partial charge in [0, 0.05) is 37.2 Å². The van der Waals surface area contributed by atoms with Crippen molar-refractivity contribution in [2.75, 3.05) is 18.4 Å². The van der Waals surface area contributed by atoms with E-state index in [1.54, 1.807) is 6.07 Å². The van der Waals surface area contributed by atoms with Crippen LogP contribution in [-0.4, -0.2) is 34.9 Å². The van der Waals surface area contributed by atoms with Gasteiger partial charge in [-0.05, 0) is 31.7 Å². The van der Waals surface area contributed by atoms with E-state index in [1.165, 1.54) is 31.4 Å². The third kappa shape index (κ3) is 4.42. The molecule has 1 aliphatic heterocycles. The van der Waals surface area contributed by atoms with E-state index in [-0.39, 0.29) is 17.6 Å². The van der Waals surface area contributed by atoms with Gasteiger partial charge in [0.1, 0.15) is 0 Å². The van der Waals surface area contributed by atoms with Crippen LogP contribution >= 0.6 is 11.6 Å². The number of carbonyl (C=O) groups excluding carboxylic acids is 1. The second-order valence-corrected chi connectivity index (χ2v) is 7.41. The zero-order valence-corrected chi connectivity index (χ0v) is 15.0. The predicted molar refractivity (Wildman–Crippen MR) is 97.9 cm³/mol. The van der Waals surface area contributed by atoms with Gasteiger partial charge in [-0.25, -0.2) is 0 Å². The Kier molecular flexibility index (Phi) is 5.78. The molecule has 3 rings (SSSR count). The lowest BCUT2D eigenvalue weighted by atomic mass is 9.87. The molecule has 1 aliphatic carbocycles. The number of hydrogen-bond donors (Lipinski definition) is 1. The number of non-ortho nitro benzene ring substituents is 1. The molecule has 25 heavy (non-hydrogen) atoms. The van der Waals surface area contributed by atoms with Crippen molar-refractivity contribution in [3.8, 4) is 0 Å². The first-order chi connectivity index (χ1) is 12.0. The van der Waals surface area contributed by atoms with Gasteiger partial charge < -0.3 is 10.2 Å². The lowest BCUT2D eigenvalue weighted by molar-refractivity contribution is -0.384. The van der Waals surface area contributed by atoms with Gasteiger partial charge >= 0.3 is 0 Å². The number of halogens is 1. The number of carbonyl (C=O) groups is 1. The highest BCUT2D eigenvalue weighted by molar-refractivity contribution is 6.33. The Labute approximate surface area is 152 Å². The average molecular weight is 366 g/mol. The van der Waals surface area contributed by atoms with E-state index in [2.05, 4.69) is 5.32 Å². The summed E-state index contributed by atoms with van der Waals surface area (Å²) in [5, 5.41) is 14.5. The molecular weight excluding hydrogens is 342 g/mol. The molecule has 1 saturated carbocycles. The number of piperidine rings is 1. The summed E-state index contributed by atoms with van der Waals surface area (Å²) in [6.07, 6.45) is 7.41. The zero-order chi connectivity index (χ0) is 17.8. The van der Waals surface area contributed by atoms with Gasteiger partial charge in [-0.1, -0.05) is 30.9 Å². The second kappa shape index (κ2) is 8.04. The van der Waals surface area contributed by atoms with Crippen molar-refractivity contribution >= 4 is 28.9 Å². The Morgan fingerprint density at radius 3 is 2.44 bits per heavy atom. The fraction of sp³-hybridized carbons (Fsp3) is 0.611. The van der Waals surface area contributed by atoms with E-state index >= 15 is 0 Å². The van der Waals surface area contributed by atoms with E-state index in [0.717, 1.165) is 38.8 Å². The summed E-state index contributed by atoms with van der Waals surface area (Å²) >= 11 is 6.14. The fourth-order valence-corrected chi connectivity index (χ4v) is 4.04. The Hall–Kier alpha value is -1.82. The standard InChI is InChI=1S/C18H24ClN3O3/c19-16-12-15(22(24)25)6-7-17(16)20-14-8-10-21(11-9-14)18(23)13-4-2-1-3-5-13/h6-7,12-14,20H,1-5,8-11H2. The van der Waals surface area contributed by atoms with Crippen molar-refractivity contribution < 1.29 is 9.72 Å². The van der Waals surface area contributed by atoms with Gasteiger partial charge in [-0.2, -0.15) is 0 Å². The molecule has 1 heterocycles. The van der Waals surface area contributed by atoms with Crippen molar-refractivity contribution in [3.63, 3.8) is 0 Å². The fourth-order valence-electron chi connectivity index (χ4n) is 3.81. The van der Waals surface area contributed by atoms with Crippen LogP contribution < -0.4 is 5.32 Å². The molecule has 1 saturated heterocycles. The van der Waals surface area contributed by atoms with Gasteiger partial charge in [0.2, 0.25) is 5.91 Å². The molecule has 0 radical (unpaired) electrons. The van der Waals surface area contributed by atoms with Gasteiger partial charge in [-0.3, -0.25) is 14.9 Å². The molecule has 0 bridgehead atoms. The maximum atomic E-state index is 12.6. The molecule has 2 aliphatic rings. The molecule has 136 valence electrons. The molecule has 0 spiro atoms. The van der Waals surface area contributed by atoms with Crippen LogP contribution in [0.3, 0.4) is 0 Å².